The number of carbonyl (C=O) groups is 1. The quantitative estimate of drug-likeness (QED) is 0.475. The molecule has 0 aromatic heterocycles. The summed E-state index contributed by atoms with van der Waals surface area (Å²) in [6, 6.07) is 0. The first kappa shape index (κ1) is 9.97. The van der Waals surface area contributed by atoms with Gasteiger partial charge in [0.15, 0.2) is 5.78 Å². The third-order valence-corrected chi connectivity index (χ3v) is 2.29. The first-order valence-electron chi connectivity index (χ1n) is 4.78. The maximum absolute atomic E-state index is 11.7. The average Bonchev–Trinajstić information content (AvgIpc) is 2.18. The molecule has 0 heterocycles. The smallest absolute Gasteiger partial charge is 0.184 e. The molecule has 0 saturated carbocycles. The Balaban J connectivity index is 2.60. The Bertz CT molecular complexity index is 258. The predicted octanol–water partition coefficient (Wildman–Crippen LogP) is 3.19. The summed E-state index contributed by atoms with van der Waals surface area (Å²) in [5.41, 5.74) is 1.63. The van der Waals surface area contributed by atoms with Crippen LogP contribution in [-0.2, 0) is 4.79 Å². The second kappa shape index (κ2) is 4.80. The summed E-state index contributed by atoms with van der Waals surface area (Å²) in [4.78, 5) is 11.7. The van der Waals surface area contributed by atoms with E-state index >= 15 is 0 Å². The largest absolute Gasteiger partial charge is 0.289 e. The van der Waals surface area contributed by atoms with Gasteiger partial charge in [0, 0.05) is 0 Å². The molecule has 0 aliphatic heterocycles. The lowest BCUT2D eigenvalue weighted by Crippen LogP contribution is -2.07. The summed E-state index contributed by atoms with van der Waals surface area (Å²) >= 11 is 0. The van der Waals surface area contributed by atoms with Gasteiger partial charge in [-0.15, -0.1) is 6.58 Å². The van der Waals surface area contributed by atoms with Crippen molar-refractivity contribution >= 4 is 5.78 Å². The van der Waals surface area contributed by atoms with Gasteiger partial charge in [0.1, 0.15) is 0 Å². The lowest BCUT2D eigenvalue weighted by molar-refractivity contribution is -0.112. The molecule has 0 atom stereocenters. The molecule has 13 heavy (non-hydrogen) atoms. The number of ketones is 1. The Kier molecular flexibility index (Phi) is 3.69. The average molecular weight is 176 g/mol. The van der Waals surface area contributed by atoms with Gasteiger partial charge in [-0.25, -0.2) is 0 Å². The van der Waals surface area contributed by atoms with Crippen molar-refractivity contribution in [2.75, 3.05) is 0 Å². The van der Waals surface area contributed by atoms with Crippen LogP contribution in [0.25, 0.3) is 0 Å². The molecular formula is C12H16O. The Morgan fingerprint density at radius 2 is 2.31 bits per heavy atom. The van der Waals surface area contributed by atoms with Crippen LogP contribution in [-0.4, -0.2) is 5.78 Å². The molecule has 0 radical (unpaired) electrons. The SMILES string of the molecule is C=CCC(=C)C(=O)C1=CCCCC1. The van der Waals surface area contributed by atoms with Crippen LogP contribution >= 0.6 is 0 Å². The van der Waals surface area contributed by atoms with Crippen molar-refractivity contribution in [1.82, 2.24) is 0 Å². The molecule has 1 nitrogen and oxygen atoms in total. The van der Waals surface area contributed by atoms with Crippen LogP contribution in [0.3, 0.4) is 0 Å². The third kappa shape index (κ3) is 2.69. The van der Waals surface area contributed by atoms with Crippen LogP contribution < -0.4 is 0 Å². The van der Waals surface area contributed by atoms with Gasteiger partial charge in [0.2, 0.25) is 0 Å². The van der Waals surface area contributed by atoms with Crippen molar-refractivity contribution in [2.45, 2.75) is 32.1 Å². The molecular weight excluding hydrogens is 160 g/mol. The van der Waals surface area contributed by atoms with Crippen LogP contribution in [0, 0.1) is 0 Å². The van der Waals surface area contributed by atoms with Crippen molar-refractivity contribution < 1.29 is 4.79 Å². The zero-order valence-corrected chi connectivity index (χ0v) is 8.01. The maximum Gasteiger partial charge on any atom is 0.184 e. The number of hydrogen-bond donors (Lipinski definition) is 0. The van der Waals surface area contributed by atoms with Gasteiger partial charge in [0.25, 0.3) is 0 Å². The van der Waals surface area contributed by atoms with E-state index in [4.69, 9.17) is 0 Å². The highest BCUT2D eigenvalue weighted by Gasteiger charge is 2.13. The van der Waals surface area contributed by atoms with Gasteiger partial charge in [-0.2, -0.15) is 0 Å². The Hall–Kier alpha value is -1.11. The molecule has 0 aromatic rings. The minimum absolute atomic E-state index is 0.139. The van der Waals surface area contributed by atoms with Crippen molar-refractivity contribution in [2.24, 2.45) is 0 Å². The number of allylic oxidation sites excluding steroid dienone is 4. The molecule has 0 unspecified atom stereocenters. The zero-order chi connectivity index (χ0) is 9.68. The third-order valence-electron chi connectivity index (χ3n) is 2.29. The molecule has 0 bridgehead atoms. The fourth-order valence-corrected chi connectivity index (χ4v) is 1.54. The van der Waals surface area contributed by atoms with Gasteiger partial charge >= 0.3 is 0 Å². The molecule has 1 rings (SSSR count). The second-order valence-electron chi connectivity index (χ2n) is 3.40. The summed E-state index contributed by atoms with van der Waals surface area (Å²) in [5.74, 6) is 0.139. The van der Waals surface area contributed by atoms with Crippen molar-refractivity contribution in [3.05, 3.63) is 36.5 Å². The van der Waals surface area contributed by atoms with E-state index in [0.29, 0.717) is 12.0 Å². The highest BCUT2D eigenvalue weighted by molar-refractivity contribution is 6.07. The minimum Gasteiger partial charge on any atom is -0.289 e. The number of rotatable bonds is 4. The van der Waals surface area contributed by atoms with Gasteiger partial charge < -0.3 is 0 Å². The number of hydrogen-bond acceptors (Lipinski definition) is 1. The lowest BCUT2D eigenvalue weighted by Gasteiger charge is -2.11. The van der Waals surface area contributed by atoms with Crippen molar-refractivity contribution in [3.8, 4) is 0 Å². The maximum atomic E-state index is 11.7. The number of carbonyl (C=O) groups excluding carboxylic acids is 1. The standard InChI is InChI=1S/C12H16O/c1-3-7-10(2)12(13)11-8-5-4-6-9-11/h3,8H,1-2,4-7,9H2. The van der Waals surface area contributed by atoms with E-state index in [2.05, 4.69) is 19.2 Å². The Morgan fingerprint density at radius 1 is 1.54 bits per heavy atom. The van der Waals surface area contributed by atoms with Crippen LogP contribution in [0.2, 0.25) is 0 Å². The van der Waals surface area contributed by atoms with Crippen LogP contribution in [0.4, 0.5) is 0 Å². The van der Waals surface area contributed by atoms with Crippen molar-refractivity contribution in [3.63, 3.8) is 0 Å². The summed E-state index contributed by atoms with van der Waals surface area (Å²) in [6.45, 7) is 7.35. The van der Waals surface area contributed by atoms with Crippen LogP contribution in [0.15, 0.2) is 36.5 Å². The molecule has 0 amide bonds. The molecule has 0 spiro atoms. The van der Waals surface area contributed by atoms with E-state index in [1.165, 1.54) is 6.42 Å². The van der Waals surface area contributed by atoms with Gasteiger partial charge in [0.05, 0.1) is 0 Å². The molecule has 1 aliphatic rings. The van der Waals surface area contributed by atoms with E-state index in [1.807, 2.05) is 0 Å². The van der Waals surface area contributed by atoms with Gasteiger partial charge in [-0.05, 0) is 43.3 Å². The first-order chi connectivity index (χ1) is 6.25. The van der Waals surface area contributed by atoms with Gasteiger partial charge in [-0.3, -0.25) is 4.79 Å². The summed E-state index contributed by atoms with van der Waals surface area (Å²) < 4.78 is 0. The molecule has 1 aliphatic carbocycles. The van der Waals surface area contributed by atoms with Crippen molar-refractivity contribution in [1.29, 1.82) is 0 Å². The van der Waals surface area contributed by atoms with Crippen LogP contribution in [0.5, 0.6) is 0 Å². The monoisotopic (exact) mass is 176 g/mol. The molecule has 0 aromatic carbocycles. The molecule has 0 fully saturated rings. The van der Waals surface area contributed by atoms with E-state index in [0.717, 1.165) is 24.8 Å². The van der Waals surface area contributed by atoms with Gasteiger partial charge in [-0.1, -0.05) is 18.7 Å². The van der Waals surface area contributed by atoms with E-state index in [9.17, 15) is 4.79 Å². The molecule has 0 N–H and O–H groups in total. The molecule has 1 heteroatoms. The van der Waals surface area contributed by atoms with E-state index < -0.39 is 0 Å². The summed E-state index contributed by atoms with van der Waals surface area (Å²) in [5, 5.41) is 0. The molecule has 70 valence electrons. The van der Waals surface area contributed by atoms with E-state index in [-0.39, 0.29) is 5.78 Å². The van der Waals surface area contributed by atoms with E-state index in [1.54, 1.807) is 6.08 Å². The Labute approximate surface area is 79.8 Å². The van der Waals surface area contributed by atoms with Crippen LogP contribution in [0.1, 0.15) is 32.1 Å². The molecule has 0 saturated heterocycles. The topological polar surface area (TPSA) is 17.1 Å². The fraction of sp³-hybridized carbons (Fsp3) is 0.417. The number of Topliss-reactive ketones (excluding diaryl/α,β-unsaturated/α-hetero) is 1. The second-order valence-corrected chi connectivity index (χ2v) is 3.40. The zero-order valence-electron chi connectivity index (χ0n) is 8.01. The summed E-state index contributed by atoms with van der Waals surface area (Å²) in [7, 11) is 0. The highest BCUT2D eigenvalue weighted by Crippen LogP contribution is 2.21. The normalized spacial score (nSPS) is 16.2. The first-order valence-corrected chi connectivity index (χ1v) is 4.78. The Morgan fingerprint density at radius 3 is 2.85 bits per heavy atom. The summed E-state index contributed by atoms with van der Waals surface area (Å²) in [6.07, 6.45) is 8.71. The highest BCUT2D eigenvalue weighted by atomic mass is 16.1. The fourth-order valence-electron chi connectivity index (χ4n) is 1.54. The lowest BCUT2D eigenvalue weighted by atomic mass is 9.92. The predicted molar refractivity (Wildman–Crippen MR) is 55.5 cm³/mol. The minimum atomic E-state index is 0.139.